The topological polar surface area (TPSA) is 41.1 Å². The molecule has 3 unspecified atom stereocenters. The molecule has 0 spiro atoms. The van der Waals surface area contributed by atoms with E-state index in [0.717, 1.165) is 31.5 Å². The van der Waals surface area contributed by atoms with Crippen LogP contribution >= 0.6 is 12.4 Å². The highest BCUT2D eigenvalue weighted by atomic mass is 35.5. The second-order valence-corrected chi connectivity index (χ2v) is 5.46. The zero-order chi connectivity index (χ0) is 13.7. The quantitative estimate of drug-likeness (QED) is 0.897. The van der Waals surface area contributed by atoms with Gasteiger partial charge in [0.1, 0.15) is 0 Å². The van der Waals surface area contributed by atoms with E-state index in [-0.39, 0.29) is 24.2 Å². The first-order chi connectivity index (χ1) is 9.22. The van der Waals surface area contributed by atoms with Crippen molar-refractivity contribution in [2.24, 2.45) is 5.92 Å². The van der Waals surface area contributed by atoms with Crippen LogP contribution in [0.3, 0.4) is 0 Å². The zero-order valence-corrected chi connectivity index (χ0v) is 13.1. The first kappa shape index (κ1) is 17.0. The minimum Gasteiger partial charge on any atom is -0.352 e. The van der Waals surface area contributed by atoms with Gasteiger partial charge in [-0.05, 0) is 37.4 Å². The molecule has 0 aromatic heterocycles. The van der Waals surface area contributed by atoms with Crippen LogP contribution in [-0.2, 0) is 4.79 Å². The molecule has 0 saturated carbocycles. The third-order valence-corrected chi connectivity index (χ3v) is 4.04. The summed E-state index contributed by atoms with van der Waals surface area (Å²) < 4.78 is 0. The van der Waals surface area contributed by atoms with Crippen molar-refractivity contribution in [3.63, 3.8) is 0 Å². The number of carbonyl (C=O) groups excluding carboxylic acids is 1. The molecule has 112 valence electrons. The number of amides is 1. The van der Waals surface area contributed by atoms with Crippen LogP contribution in [0.2, 0.25) is 0 Å². The molecule has 1 aromatic rings. The van der Waals surface area contributed by atoms with Crippen molar-refractivity contribution < 1.29 is 4.79 Å². The maximum absolute atomic E-state index is 12.5. The van der Waals surface area contributed by atoms with Gasteiger partial charge in [-0.2, -0.15) is 0 Å². The smallest absolute Gasteiger partial charge is 0.227 e. The van der Waals surface area contributed by atoms with Gasteiger partial charge in [-0.1, -0.05) is 44.2 Å². The minimum atomic E-state index is -0.0247. The summed E-state index contributed by atoms with van der Waals surface area (Å²) in [5.74, 6) is 0.654. The Balaban J connectivity index is 0.00000200. The van der Waals surface area contributed by atoms with E-state index in [1.165, 1.54) is 0 Å². The lowest BCUT2D eigenvalue weighted by atomic mass is 9.92. The van der Waals surface area contributed by atoms with Crippen molar-refractivity contribution in [1.29, 1.82) is 0 Å². The van der Waals surface area contributed by atoms with E-state index < -0.39 is 0 Å². The lowest BCUT2D eigenvalue weighted by molar-refractivity contribution is -0.123. The number of rotatable bonds is 4. The molecule has 1 heterocycles. The largest absolute Gasteiger partial charge is 0.352 e. The molecule has 3 nitrogen and oxygen atoms in total. The van der Waals surface area contributed by atoms with Gasteiger partial charge in [0, 0.05) is 6.04 Å². The van der Waals surface area contributed by atoms with E-state index in [4.69, 9.17) is 0 Å². The number of hydrogen-bond acceptors (Lipinski definition) is 2. The molecule has 20 heavy (non-hydrogen) atoms. The molecule has 1 aromatic carbocycles. The molecule has 1 aliphatic rings. The van der Waals surface area contributed by atoms with Crippen LogP contribution < -0.4 is 10.6 Å². The summed E-state index contributed by atoms with van der Waals surface area (Å²) in [6.07, 6.45) is 1.87. The van der Waals surface area contributed by atoms with Gasteiger partial charge < -0.3 is 10.6 Å². The van der Waals surface area contributed by atoms with Gasteiger partial charge in [-0.3, -0.25) is 4.79 Å². The molecule has 2 rings (SSSR count). The lowest BCUT2D eigenvalue weighted by Crippen LogP contribution is -2.49. The monoisotopic (exact) mass is 296 g/mol. The molecule has 0 bridgehead atoms. The number of carbonyl (C=O) groups is 1. The minimum absolute atomic E-state index is 0. The predicted octanol–water partition coefficient (Wildman–Crippen LogP) is 2.72. The van der Waals surface area contributed by atoms with E-state index in [9.17, 15) is 4.79 Å². The van der Waals surface area contributed by atoms with E-state index >= 15 is 0 Å². The van der Waals surface area contributed by atoms with Crippen molar-refractivity contribution in [3.05, 3.63) is 35.9 Å². The van der Waals surface area contributed by atoms with Gasteiger partial charge in [-0.25, -0.2) is 0 Å². The van der Waals surface area contributed by atoms with E-state index in [2.05, 4.69) is 24.5 Å². The fraction of sp³-hybridized carbons (Fsp3) is 0.562. The van der Waals surface area contributed by atoms with Gasteiger partial charge in [0.15, 0.2) is 0 Å². The number of halogens is 1. The van der Waals surface area contributed by atoms with Crippen molar-refractivity contribution in [2.45, 2.75) is 38.6 Å². The average molecular weight is 297 g/mol. The van der Waals surface area contributed by atoms with Gasteiger partial charge in [0.05, 0.1) is 5.92 Å². The van der Waals surface area contributed by atoms with Gasteiger partial charge in [0.2, 0.25) is 5.91 Å². The van der Waals surface area contributed by atoms with E-state index in [1.807, 2.05) is 30.3 Å². The Kier molecular flexibility index (Phi) is 7.03. The average Bonchev–Trinajstić information content (AvgIpc) is 2.43. The Morgan fingerprint density at radius 1 is 1.40 bits per heavy atom. The van der Waals surface area contributed by atoms with Gasteiger partial charge in [-0.15, -0.1) is 12.4 Å². The van der Waals surface area contributed by atoms with Crippen LogP contribution in [0.25, 0.3) is 0 Å². The summed E-state index contributed by atoms with van der Waals surface area (Å²) in [4.78, 5) is 12.5. The molecular formula is C16H25ClN2O. The lowest BCUT2D eigenvalue weighted by Gasteiger charge is -2.31. The summed E-state index contributed by atoms with van der Waals surface area (Å²) in [6.45, 7) is 6.26. The molecular weight excluding hydrogens is 272 g/mol. The second-order valence-electron chi connectivity index (χ2n) is 5.46. The Morgan fingerprint density at radius 3 is 2.70 bits per heavy atom. The van der Waals surface area contributed by atoms with Crippen molar-refractivity contribution >= 4 is 18.3 Å². The van der Waals surface area contributed by atoms with Crippen LogP contribution in [0, 0.1) is 5.92 Å². The van der Waals surface area contributed by atoms with Crippen LogP contribution in [0.5, 0.6) is 0 Å². The van der Waals surface area contributed by atoms with Crippen molar-refractivity contribution in [2.75, 3.05) is 13.1 Å². The molecule has 3 atom stereocenters. The highest BCUT2D eigenvalue weighted by Gasteiger charge is 2.26. The molecule has 1 aliphatic heterocycles. The van der Waals surface area contributed by atoms with Gasteiger partial charge >= 0.3 is 0 Å². The third-order valence-electron chi connectivity index (χ3n) is 4.04. The molecule has 0 radical (unpaired) electrons. The molecule has 1 saturated heterocycles. The van der Waals surface area contributed by atoms with E-state index in [1.54, 1.807) is 0 Å². The maximum atomic E-state index is 12.5. The molecule has 1 amide bonds. The fourth-order valence-electron chi connectivity index (χ4n) is 2.77. The molecule has 4 heteroatoms. The maximum Gasteiger partial charge on any atom is 0.227 e. The Labute approximate surface area is 127 Å². The molecule has 0 aliphatic carbocycles. The van der Waals surface area contributed by atoms with Crippen LogP contribution in [0.4, 0.5) is 0 Å². The summed E-state index contributed by atoms with van der Waals surface area (Å²) >= 11 is 0. The molecule has 2 N–H and O–H groups in total. The SMILES string of the molecule is CCC(C(=O)NC1CCNCC1C)c1ccccc1.Cl. The van der Waals surface area contributed by atoms with Crippen molar-refractivity contribution in [1.82, 2.24) is 10.6 Å². The van der Waals surface area contributed by atoms with Crippen molar-refractivity contribution in [3.8, 4) is 0 Å². The first-order valence-corrected chi connectivity index (χ1v) is 7.28. The first-order valence-electron chi connectivity index (χ1n) is 7.28. The highest BCUT2D eigenvalue weighted by molar-refractivity contribution is 5.85. The standard InChI is InChI=1S/C16H24N2O.ClH/c1-3-14(13-7-5-4-6-8-13)16(19)18-15-9-10-17-11-12(15)2;/h4-8,12,14-15,17H,3,9-11H2,1-2H3,(H,18,19);1H. The predicted molar refractivity (Wildman–Crippen MR) is 85.3 cm³/mol. The normalized spacial score (nSPS) is 23.5. The van der Waals surface area contributed by atoms with Gasteiger partial charge in [0.25, 0.3) is 0 Å². The highest BCUT2D eigenvalue weighted by Crippen LogP contribution is 2.20. The summed E-state index contributed by atoms with van der Waals surface area (Å²) in [5, 5.41) is 6.60. The number of benzene rings is 1. The summed E-state index contributed by atoms with van der Waals surface area (Å²) in [5.41, 5.74) is 1.11. The zero-order valence-electron chi connectivity index (χ0n) is 12.3. The summed E-state index contributed by atoms with van der Waals surface area (Å²) in [6, 6.07) is 10.4. The van der Waals surface area contributed by atoms with E-state index in [0.29, 0.717) is 12.0 Å². The number of nitrogens with one attached hydrogen (secondary N) is 2. The van der Waals surface area contributed by atoms with Crippen LogP contribution in [-0.4, -0.2) is 25.0 Å². The Bertz CT molecular complexity index is 410. The second kappa shape index (κ2) is 8.28. The molecule has 1 fully saturated rings. The van der Waals surface area contributed by atoms with Crippen LogP contribution in [0.1, 0.15) is 38.2 Å². The third kappa shape index (κ3) is 4.22. The Hall–Kier alpha value is -1.06. The number of piperidine rings is 1. The van der Waals surface area contributed by atoms with Crippen LogP contribution in [0.15, 0.2) is 30.3 Å². The summed E-state index contributed by atoms with van der Waals surface area (Å²) in [7, 11) is 0. The Morgan fingerprint density at radius 2 is 2.10 bits per heavy atom. The fourth-order valence-corrected chi connectivity index (χ4v) is 2.77. The number of hydrogen-bond donors (Lipinski definition) is 2.